The van der Waals surface area contributed by atoms with E-state index in [1.54, 1.807) is 0 Å². The SMILES string of the molecule is COc1cc(Cl)nc(NC(=O)c2ncccc2C(=O)O)n1. The average Bonchev–Trinajstić information content (AvgIpc) is 2.46. The van der Waals surface area contributed by atoms with Crippen LogP contribution in [0.1, 0.15) is 20.8 Å². The first-order chi connectivity index (χ1) is 10.0. The highest BCUT2D eigenvalue weighted by atomic mass is 35.5. The quantitative estimate of drug-likeness (QED) is 0.822. The molecule has 0 unspecified atom stereocenters. The van der Waals surface area contributed by atoms with Crippen molar-refractivity contribution < 1.29 is 19.4 Å². The summed E-state index contributed by atoms with van der Waals surface area (Å²) in [5.41, 5.74) is -0.489. The Kier molecular flexibility index (Phi) is 4.29. The van der Waals surface area contributed by atoms with Crippen LogP contribution in [0.4, 0.5) is 5.95 Å². The molecule has 0 fully saturated rings. The van der Waals surface area contributed by atoms with E-state index in [2.05, 4.69) is 20.3 Å². The fourth-order valence-electron chi connectivity index (χ4n) is 1.48. The van der Waals surface area contributed by atoms with Crippen LogP contribution in [0.3, 0.4) is 0 Å². The molecule has 0 atom stereocenters. The maximum absolute atomic E-state index is 12.0. The number of aromatic carboxylic acids is 1. The molecule has 2 aromatic heterocycles. The third kappa shape index (κ3) is 3.42. The molecule has 9 heteroatoms. The highest BCUT2D eigenvalue weighted by Gasteiger charge is 2.19. The number of aromatic nitrogens is 3. The lowest BCUT2D eigenvalue weighted by atomic mass is 10.2. The van der Waals surface area contributed by atoms with Gasteiger partial charge >= 0.3 is 5.97 Å². The van der Waals surface area contributed by atoms with E-state index in [0.717, 1.165) is 0 Å². The molecule has 0 aliphatic carbocycles. The number of carboxylic acid groups (broad SMARTS) is 1. The lowest BCUT2D eigenvalue weighted by Gasteiger charge is -2.07. The molecule has 0 aromatic carbocycles. The van der Waals surface area contributed by atoms with E-state index in [0.29, 0.717) is 0 Å². The van der Waals surface area contributed by atoms with Crippen molar-refractivity contribution in [3.63, 3.8) is 0 Å². The molecule has 0 saturated carbocycles. The predicted octanol–water partition coefficient (Wildman–Crippen LogP) is 1.48. The van der Waals surface area contributed by atoms with Crippen molar-refractivity contribution >= 4 is 29.4 Å². The zero-order chi connectivity index (χ0) is 15.4. The predicted molar refractivity (Wildman–Crippen MR) is 72.7 cm³/mol. The first kappa shape index (κ1) is 14.7. The molecule has 2 N–H and O–H groups in total. The largest absolute Gasteiger partial charge is 0.481 e. The summed E-state index contributed by atoms with van der Waals surface area (Å²) in [5.74, 6) is -1.99. The van der Waals surface area contributed by atoms with Gasteiger partial charge in [-0.3, -0.25) is 15.1 Å². The highest BCUT2D eigenvalue weighted by Crippen LogP contribution is 2.16. The minimum Gasteiger partial charge on any atom is -0.481 e. The van der Waals surface area contributed by atoms with Gasteiger partial charge in [0.05, 0.1) is 12.7 Å². The van der Waals surface area contributed by atoms with Gasteiger partial charge in [0.25, 0.3) is 5.91 Å². The molecule has 108 valence electrons. The number of carboxylic acids is 1. The van der Waals surface area contributed by atoms with E-state index < -0.39 is 11.9 Å². The molecule has 2 heterocycles. The summed E-state index contributed by atoms with van der Waals surface area (Å²) < 4.78 is 4.89. The van der Waals surface area contributed by atoms with E-state index in [1.165, 1.54) is 31.5 Å². The number of pyridine rings is 1. The summed E-state index contributed by atoms with van der Waals surface area (Å²) in [6.07, 6.45) is 1.31. The third-order valence-electron chi connectivity index (χ3n) is 2.36. The second-order valence-corrected chi connectivity index (χ2v) is 4.10. The monoisotopic (exact) mass is 308 g/mol. The van der Waals surface area contributed by atoms with Gasteiger partial charge < -0.3 is 9.84 Å². The first-order valence-corrected chi connectivity index (χ1v) is 5.97. The third-order valence-corrected chi connectivity index (χ3v) is 2.55. The van der Waals surface area contributed by atoms with Crippen LogP contribution in [-0.4, -0.2) is 39.0 Å². The second-order valence-electron chi connectivity index (χ2n) is 3.72. The molecule has 1 amide bonds. The molecule has 0 spiro atoms. The van der Waals surface area contributed by atoms with Crippen LogP contribution < -0.4 is 10.1 Å². The van der Waals surface area contributed by atoms with Crippen molar-refractivity contribution in [2.45, 2.75) is 0 Å². The summed E-state index contributed by atoms with van der Waals surface area (Å²) in [5, 5.41) is 11.4. The zero-order valence-electron chi connectivity index (χ0n) is 10.7. The molecule has 0 saturated heterocycles. The number of nitrogens with one attached hydrogen (secondary N) is 1. The number of rotatable bonds is 4. The van der Waals surface area contributed by atoms with Crippen molar-refractivity contribution in [3.8, 4) is 5.88 Å². The van der Waals surface area contributed by atoms with Gasteiger partial charge in [-0.25, -0.2) is 9.78 Å². The number of halogens is 1. The Balaban J connectivity index is 2.30. The van der Waals surface area contributed by atoms with Gasteiger partial charge in [0.15, 0.2) is 0 Å². The Labute approximate surface area is 123 Å². The average molecular weight is 309 g/mol. The molecule has 2 rings (SSSR count). The van der Waals surface area contributed by atoms with E-state index in [4.69, 9.17) is 21.4 Å². The van der Waals surface area contributed by atoms with Crippen LogP contribution in [0.2, 0.25) is 5.15 Å². The Bertz CT molecular complexity index is 707. The van der Waals surface area contributed by atoms with Crippen LogP contribution in [0.25, 0.3) is 0 Å². The van der Waals surface area contributed by atoms with Gasteiger partial charge in [-0.2, -0.15) is 4.98 Å². The Morgan fingerprint density at radius 2 is 2.14 bits per heavy atom. The maximum Gasteiger partial charge on any atom is 0.338 e. The number of ether oxygens (including phenoxy) is 1. The molecule has 0 aliphatic rings. The highest BCUT2D eigenvalue weighted by molar-refractivity contribution is 6.29. The van der Waals surface area contributed by atoms with Crippen LogP contribution in [0.15, 0.2) is 24.4 Å². The van der Waals surface area contributed by atoms with Gasteiger partial charge in [0, 0.05) is 12.3 Å². The van der Waals surface area contributed by atoms with Crippen molar-refractivity contribution in [2.24, 2.45) is 0 Å². The van der Waals surface area contributed by atoms with Gasteiger partial charge in [-0.15, -0.1) is 0 Å². The molecular formula is C12H9ClN4O4. The molecule has 0 radical (unpaired) electrons. The number of carbonyl (C=O) groups is 2. The maximum atomic E-state index is 12.0. The molecule has 8 nitrogen and oxygen atoms in total. The summed E-state index contributed by atoms with van der Waals surface area (Å²) >= 11 is 5.75. The van der Waals surface area contributed by atoms with Crippen molar-refractivity contribution in [1.29, 1.82) is 0 Å². The number of hydrogen-bond acceptors (Lipinski definition) is 6. The number of nitrogens with zero attached hydrogens (tertiary/aromatic N) is 3. The lowest BCUT2D eigenvalue weighted by Crippen LogP contribution is -2.19. The zero-order valence-corrected chi connectivity index (χ0v) is 11.5. The molecule has 0 aliphatic heterocycles. The van der Waals surface area contributed by atoms with Crippen LogP contribution in [0, 0.1) is 0 Å². The topological polar surface area (TPSA) is 114 Å². The fraction of sp³-hybridized carbons (Fsp3) is 0.0833. The van der Waals surface area contributed by atoms with Gasteiger partial charge in [0.1, 0.15) is 10.8 Å². The summed E-state index contributed by atoms with van der Waals surface area (Å²) in [6.45, 7) is 0. The van der Waals surface area contributed by atoms with Crippen LogP contribution in [-0.2, 0) is 0 Å². The number of methoxy groups -OCH3 is 1. The lowest BCUT2D eigenvalue weighted by molar-refractivity contribution is 0.0691. The number of amides is 1. The number of carbonyl (C=O) groups excluding carboxylic acids is 1. The van der Waals surface area contributed by atoms with E-state index in [-0.39, 0.29) is 28.2 Å². The Hall–Kier alpha value is -2.74. The summed E-state index contributed by atoms with van der Waals surface area (Å²) in [7, 11) is 1.38. The van der Waals surface area contributed by atoms with E-state index >= 15 is 0 Å². The molecule has 0 bridgehead atoms. The smallest absolute Gasteiger partial charge is 0.338 e. The number of hydrogen-bond donors (Lipinski definition) is 2. The standard InChI is InChI=1S/C12H9ClN4O4/c1-21-8-5-7(13)15-12(16-8)17-10(18)9-6(11(19)20)3-2-4-14-9/h2-5H,1H3,(H,19,20)(H,15,16,17,18). The first-order valence-electron chi connectivity index (χ1n) is 5.59. The molecule has 2 aromatic rings. The van der Waals surface area contributed by atoms with Gasteiger partial charge in [-0.05, 0) is 12.1 Å². The van der Waals surface area contributed by atoms with Crippen molar-refractivity contribution in [3.05, 3.63) is 40.8 Å². The van der Waals surface area contributed by atoms with Crippen LogP contribution >= 0.6 is 11.6 Å². The van der Waals surface area contributed by atoms with E-state index in [9.17, 15) is 9.59 Å². The van der Waals surface area contributed by atoms with Gasteiger partial charge in [-0.1, -0.05) is 11.6 Å². The van der Waals surface area contributed by atoms with Crippen LogP contribution in [0.5, 0.6) is 5.88 Å². The minimum atomic E-state index is -1.27. The molecular weight excluding hydrogens is 300 g/mol. The van der Waals surface area contributed by atoms with Crippen molar-refractivity contribution in [2.75, 3.05) is 12.4 Å². The normalized spacial score (nSPS) is 10.0. The van der Waals surface area contributed by atoms with E-state index in [1.807, 2.05) is 0 Å². The minimum absolute atomic E-state index is 0.0663. The number of anilines is 1. The van der Waals surface area contributed by atoms with Gasteiger partial charge in [0.2, 0.25) is 11.8 Å². The second kappa shape index (κ2) is 6.14. The summed E-state index contributed by atoms with van der Waals surface area (Å²) in [4.78, 5) is 34.5. The summed E-state index contributed by atoms with van der Waals surface area (Å²) in [6, 6.07) is 4.05. The van der Waals surface area contributed by atoms with Crippen molar-refractivity contribution in [1.82, 2.24) is 15.0 Å². The Morgan fingerprint density at radius 1 is 1.38 bits per heavy atom. The molecule has 21 heavy (non-hydrogen) atoms. The Morgan fingerprint density at radius 3 is 2.81 bits per heavy atom. The fourth-order valence-corrected chi connectivity index (χ4v) is 1.65.